The molecule has 1 saturated heterocycles. The molecule has 0 bridgehead atoms. The molecule has 106 valence electrons. The summed E-state index contributed by atoms with van der Waals surface area (Å²) in [4.78, 5) is 24.9. The maximum absolute atomic E-state index is 11.6. The van der Waals surface area contributed by atoms with E-state index < -0.39 is 6.03 Å². The minimum absolute atomic E-state index is 0. The molecule has 3 amide bonds. The Balaban J connectivity index is 0.00000289. The third-order valence-corrected chi connectivity index (χ3v) is 2.59. The van der Waals surface area contributed by atoms with Crippen LogP contribution >= 0.6 is 12.4 Å². The minimum Gasteiger partial charge on any atom is -0.338 e. The number of hydrogen-bond acceptors (Lipinski definition) is 4. The Labute approximate surface area is 114 Å². The van der Waals surface area contributed by atoms with Crippen molar-refractivity contribution in [2.45, 2.75) is 19.8 Å². The lowest BCUT2D eigenvalue weighted by atomic mass is 10.4. The predicted octanol–water partition coefficient (Wildman–Crippen LogP) is -0.0607. The van der Waals surface area contributed by atoms with Gasteiger partial charge in [0.15, 0.2) is 0 Å². The fraction of sp³-hybridized carbons (Fsp3) is 0.818. The van der Waals surface area contributed by atoms with Crippen molar-refractivity contribution in [2.75, 3.05) is 39.3 Å². The molecule has 1 aliphatic heterocycles. The SMILES string of the molecule is CCCNC(=O)NC(=O)CN1CCCNCC1.Cl. The van der Waals surface area contributed by atoms with E-state index in [4.69, 9.17) is 0 Å². The van der Waals surface area contributed by atoms with Crippen molar-refractivity contribution in [3.05, 3.63) is 0 Å². The molecule has 0 spiro atoms. The van der Waals surface area contributed by atoms with Gasteiger partial charge < -0.3 is 10.6 Å². The lowest BCUT2D eigenvalue weighted by molar-refractivity contribution is -0.121. The predicted molar refractivity (Wildman–Crippen MR) is 73.0 cm³/mol. The molecule has 0 aliphatic carbocycles. The molecule has 0 saturated carbocycles. The van der Waals surface area contributed by atoms with Gasteiger partial charge in [0.25, 0.3) is 0 Å². The summed E-state index contributed by atoms with van der Waals surface area (Å²) < 4.78 is 0. The van der Waals surface area contributed by atoms with Crippen molar-refractivity contribution in [3.8, 4) is 0 Å². The van der Waals surface area contributed by atoms with Crippen molar-refractivity contribution >= 4 is 24.3 Å². The number of carbonyl (C=O) groups is 2. The van der Waals surface area contributed by atoms with Crippen LogP contribution in [0.5, 0.6) is 0 Å². The van der Waals surface area contributed by atoms with Crippen molar-refractivity contribution in [3.63, 3.8) is 0 Å². The normalized spacial score (nSPS) is 16.3. The molecular weight excluding hydrogens is 256 g/mol. The summed E-state index contributed by atoms with van der Waals surface area (Å²) in [6.07, 6.45) is 1.90. The van der Waals surface area contributed by atoms with Gasteiger partial charge in [-0.2, -0.15) is 0 Å². The first-order chi connectivity index (χ1) is 8.22. The fourth-order valence-electron chi connectivity index (χ4n) is 1.71. The molecule has 0 aromatic heterocycles. The zero-order valence-electron chi connectivity index (χ0n) is 10.8. The van der Waals surface area contributed by atoms with Gasteiger partial charge in [-0.25, -0.2) is 4.79 Å². The largest absolute Gasteiger partial charge is 0.338 e. The maximum atomic E-state index is 11.6. The molecule has 3 N–H and O–H groups in total. The van der Waals surface area contributed by atoms with Gasteiger partial charge in [-0.05, 0) is 25.9 Å². The zero-order chi connectivity index (χ0) is 12.5. The number of halogens is 1. The van der Waals surface area contributed by atoms with Crippen molar-refractivity contribution in [1.29, 1.82) is 0 Å². The topological polar surface area (TPSA) is 73.5 Å². The van der Waals surface area contributed by atoms with Crippen LogP contribution in [0.2, 0.25) is 0 Å². The van der Waals surface area contributed by atoms with Crippen molar-refractivity contribution in [1.82, 2.24) is 20.9 Å². The van der Waals surface area contributed by atoms with Crippen LogP contribution in [0.3, 0.4) is 0 Å². The second kappa shape index (κ2) is 10.1. The third-order valence-electron chi connectivity index (χ3n) is 2.59. The van der Waals surface area contributed by atoms with E-state index in [1.165, 1.54) is 0 Å². The van der Waals surface area contributed by atoms with Gasteiger partial charge in [-0.1, -0.05) is 6.92 Å². The van der Waals surface area contributed by atoms with E-state index in [9.17, 15) is 9.59 Å². The highest BCUT2D eigenvalue weighted by atomic mass is 35.5. The number of hydrogen-bond donors (Lipinski definition) is 3. The van der Waals surface area contributed by atoms with Crippen LogP contribution in [-0.4, -0.2) is 56.1 Å². The summed E-state index contributed by atoms with van der Waals surface area (Å²) >= 11 is 0. The Morgan fingerprint density at radius 1 is 1.28 bits per heavy atom. The van der Waals surface area contributed by atoms with Crippen LogP contribution < -0.4 is 16.0 Å². The smallest absolute Gasteiger partial charge is 0.321 e. The van der Waals surface area contributed by atoms with Crippen molar-refractivity contribution in [2.24, 2.45) is 0 Å². The Morgan fingerprint density at radius 3 is 2.78 bits per heavy atom. The van der Waals surface area contributed by atoms with Crippen molar-refractivity contribution < 1.29 is 9.59 Å². The molecule has 1 fully saturated rings. The van der Waals surface area contributed by atoms with E-state index in [1.807, 2.05) is 6.92 Å². The molecule has 0 aromatic rings. The number of rotatable bonds is 4. The quantitative estimate of drug-likeness (QED) is 0.674. The molecule has 6 nitrogen and oxygen atoms in total. The molecule has 0 radical (unpaired) electrons. The highest BCUT2D eigenvalue weighted by Crippen LogP contribution is 1.94. The Hall–Kier alpha value is -0.850. The second-order valence-electron chi connectivity index (χ2n) is 4.18. The Morgan fingerprint density at radius 2 is 2.06 bits per heavy atom. The van der Waals surface area contributed by atoms with Crippen LogP contribution in [0.15, 0.2) is 0 Å². The minimum atomic E-state index is -0.398. The van der Waals surface area contributed by atoms with Gasteiger partial charge in [0.1, 0.15) is 0 Å². The molecule has 0 atom stereocenters. The summed E-state index contributed by atoms with van der Waals surface area (Å²) in [6, 6.07) is -0.398. The molecule has 1 rings (SSSR count). The van der Waals surface area contributed by atoms with E-state index in [0.29, 0.717) is 13.1 Å². The number of carbonyl (C=O) groups excluding carboxylic acids is 2. The average Bonchev–Trinajstić information content (AvgIpc) is 2.54. The van der Waals surface area contributed by atoms with E-state index in [2.05, 4.69) is 20.9 Å². The van der Waals surface area contributed by atoms with Gasteiger partial charge in [-0.3, -0.25) is 15.0 Å². The molecule has 1 aliphatic rings. The number of urea groups is 1. The van der Waals surface area contributed by atoms with Gasteiger partial charge in [-0.15, -0.1) is 12.4 Å². The first-order valence-electron chi connectivity index (χ1n) is 6.23. The fourth-order valence-corrected chi connectivity index (χ4v) is 1.71. The summed E-state index contributed by atoms with van der Waals surface area (Å²) in [7, 11) is 0. The molecule has 0 aromatic carbocycles. The standard InChI is InChI=1S/C11H22N4O2.ClH/c1-2-4-13-11(17)14-10(16)9-15-7-3-5-12-6-8-15;/h12H,2-9H2,1H3,(H2,13,14,16,17);1H. The molecule has 1 heterocycles. The summed E-state index contributed by atoms with van der Waals surface area (Å²) in [5, 5.41) is 8.21. The molecule has 0 unspecified atom stereocenters. The molecule has 18 heavy (non-hydrogen) atoms. The molecule has 7 heteroatoms. The summed E-state index contributed by atoms with van der Waals surface area (Å²) in [5.41, 5.74) is 0. The molecular formula is C11H23ClN4O2. The third kappa shape index (κ3) is 7.47. The number of nitrogens with zero attached hydrogens (tertiary/aromatic N) is 1. The van der Waals surface area contributed by atoms with E-state index in [-0.39, 0.29) is 18.3 Å². The number of nitrogens with one attached hydrogen (secondary N) is 3. The Bertz CT molecular complexity index is 255. The summed E-state index contributed by atoms with van der Waals surface area (Å²) in [6.45, 7) is 6.49. The van der Waals surface area contributed by atoms with Crippen LogP contribution in [0.4, 0.5) is 4.79 Å². The lowest BCUT2D eigenvalue weighted by Gasteiger charge is -2.18. The first kappa shape index (κ1) is 17.2. The number of imide groups is 1. The highest BCUT2D eigenvalue weighted by Gasteiger charge is 2.14. The lowest BCUT2D eigenvalue weighted by Crippen LogP contribution is -2.45. The van der Waals surface area contributed by atoms with Gasteiger partial charge in [0.2, 0.25) is 5.91 Å². The van der Waals surface area contributed by atoms with Gasteiger partial charge in [0, 0.05) is 19.6 Å². The number of amides is 3. The van der Waals surface area contributed by atoms with Crippen LogP contribution in [-0.2, 0) is 4.79 Å². The van der Waals surface area contributed by atoms with Gasteiger partial charge >= 0.3 is 6.03 Å². The van der Waals surface area contributed by atoms with E-state index in [1.54, 1.807) is 0 Å². The van der Waals surface area contributed by atoms with E-state index >= 15 is 0 Å². The van der Waals surface area contributed by atoms with Crippen LogP contribution in [0.25, 0.3) is 0 Å². The van der Waals surface area contributed by atoms with Crippen LogP contribution in [0, 0.1) is 0 Å². The first-order valence-corrected chi connectivity index (χ1v) is 6.23. The summed E-state index contributed by atoms with van der Waals surface area (Å²) in [5.74, 6) is -0.236. The maximum Gasteiger partial charge on any atom is 0.321 e. The Kier molecular flexibility index (Phi) is 9.63. The van der Waals surface area contributed by atoms with Crippen LogP contribution in [0.1, 0.15) is 19.8 Å². The van der Waals surface area contributed by atoms with Gasteiger partial charge in [0.05, 0.1) is 6.54 Å². The van der Waals surface area contributed by atoms with E-state index in [0.717, 1.165) is 39.0 Å². The monoisotopic (exact) mass is 278 g/mol. The average molecular weight is 279 g/mol. The highest BCUT2D eigenvalue weighted by molar-refractivity contribution is 5.95. The zero-order valence-corrected chi connectivity index (χ0v) is 11.6. The second-order valence-corrected chi connectivity index (χ2v) is 4.18.